The normalized spacial score (nSPS) is 32.0. The van der Waals surface area contributed by atoms with Gasteiger partial charge in [0.25, 0.3) is 17.4 Å². The molecule has 5 aliphatic heterocycles. The van der Waals surface area contributed by atoms with Crippen molar-refractivity contribution in [1.82, 2.24) is 21.3 Å². The molecule has 0 aromatic carbocycles. The van der Waals surface area contributed by atoms with Crippen LogP contribution in [-0.4, -0.2) is 366 Å². The van der Waals surface area contributed by atoms with Crippen LogP contribution in [0.25, 0.3) is 0 Å². The van der Waals surface area contributed by atoms with E-state index in [1.807, 2.05) is 0 Å². The van der Waals surface area contributed by atoms with Crippen LogP contribution in [0.15, 0.2) is 0 Å². The van der Waals surface area contributed by atoms with Crippen LogP contribution in [0.1, 0.15) is 272 Å². The molecule has 0 aliphatic carbocycles. The first-order valence-electron chi connectivity index (χ1n) is 45.7. The van der Waals surface area contributed by atoms with Gasteiger partial charge in [0, 0.05) is 46.5 Å². The Balaban J connectivity index is 1.32. The van der Waals surface area contributed by atoms with Crippen LogP contribution in [0, 0.1) is 0 Å². The summed E-state index contributed by atoms with van der Waals surface area (Å²) >= 11 is 0. The minimum absolute atomic E-state index is 0.147. The second-order valence-corrected chi connectivity index (χ2v) is 34.6. The van der Waals surface area contributed by atoms with Crippen molar-refractivity contribution >= 4 is 41.5 Å². The number of amides is 4. The molecule has 4 amide bonds. The van der Waals surface area contributed by atoms with Crippen LogP contribution < -0.4 is 21.3 Å². The molecule has 41 heteroatoms. The number of nitrogens with one attached hydrogen (secondary N) is 4. The van der Waals surface area contributed by atoms with E-state index in [0.29, 0.717) is 12.8 Å². The molecule has 5 rings (SSSR count). The smallest absolute Gasteiger partial charge is 0.364 e. The van der Waals surface area contributed by atoms with Gasteiger partial charge in [-0.2, -0.15) is 0 Å². The fraction of sp³-hybridized carbons (Fsp3) is 0.918. The number of carboxylic acids is 3. The molecule has 5 aliphatic rings. The van der Waals surface area contributed by atoms with E-state index in [-0.39, 0.29) is 18.7 Å². The highest BCUT2D eigenvalue weighted by atomic mass is 16.8. The van der Waals surface area contributed by atoms with E-state index in [2.05, 4.69) is 35.1 Å². The van der Waals surface area contributed by atoms with Gasteiger partial charge >= 0.3 is 17.9 Å². The zero-order chi connectivity index (χ0) is 93.4. The summed E-state index contributed by atoms with van der Waals surface area (Å²) in [6.45, 7) is 0.0271. The van der Waals surface area contributed by atoms with Crippen LogP contribution in [0.2, 0.25) is 0 Å². The average Bonchev–Trinajstić information content (AvgIpc) is 0.749. The second-order valence-electron chi connectivity index (χ2n) is 34.6. The van der Waals surface area contributed by atoms with Gasteiger partial charge < -0.3 is 171 Å². The SMILES string of the molecule is CCCCCCCCCCCCCCCCCCCCCC(=O)NC(COC1OC(CO)C(OC2OC(CO)C(O)C(OC3(C(=O)O)CC(O)C(NC(C)=O)C(C(O)C(CO)OC4(C(=O)O)CC(O)C(NC(C)=O)C(C(O)C(CO)OC5(C(=O)O)CC(O)C(NC(C)=O)C(C(O)C(O)CO)O5)O4)O3)C2O)C(O)C1O)C(O)CCCCCCCCCCCCCCC. The van der Waals surface area contributed by atoms with Crippen molar-refractivity contribution in [2.45, 2.75) is 454 Å². The van der Waals surface area contributed by atoms with E-state index in [0.717, 1.165) is 85.0 Å². The van der Waals surface area contributed by atoms with Gasteiger partial charge in [0.05, 0.1) is 88.2 Å². The van der Waals surface area contributed by atoms with Gasteiger partial charge in [-0.15, -0.1) is 0 Å². The van der Waals surface area contributed by atoms with E-state index in [1.165, 1.54) is 128 Å². The maximum atomic E-state index is 13.8. The second kappa shape index (κ2) is 57.6. The fourth-order valence-electron chi connectivity index (χ4n) is 17.1. The van der Waals surface area contributed by atoms with Crippen LogP contribution >= 0.6 is 0 Å². The number of ether oxygens (including phenoxy) is 10. The van der Waals surface area contributed by atoms with Crippen LogP contribution in [0.3, 0.4) is 0 Å². The molecule has 0 spiro atoms. The molecule has 30 unspecified atom stereocenters. The Morgan fingerprint density at radius 2 is 0.746 bits per heavy atom. The summed E-state index contributed by atoms with van der Waals surface area (Å²) in [6, 6.07) is -6.93. The van der Waals surface area contributed by atoms with Gasteiger partial charge in [-0.05, 0) is 12.8 Å². The Morgan fingerprint density at radius 1 is 0.397 bits per heavy atom. The number of carbonyl (C=O) groups is 7. The highest BCUT2D eigenvalue weighted by Gasteiger charge is 2.64. The minimum atomic E-state index is -3.57. The van der Waals surface area contributed by atoms with Crippen molar-refractivity contribution in [2.24, 2.45) is 0 Å². The minimum Gasteiger partial charge on any atom is -0.477 e. The summed E-state index contributed by atoms with van der Waals surface area (Å²) in [6.07, 6.45) is -18.6. The highest BCUT2D eigenvalue weighted by molar-refractivity contribution is 5.79. The lowest BCUT2D eigenvalue weighted by Gasteiger charge is -2.51. The maximum Gasteiger partial charge on any atom is 0.364 e. The third-order valence-corrected chi connectivity index (χ3v) is 24.3. The molecule has 0 saturated carbocycles. The summed E-state index contributed by atoms with van der Waals surface area (Å²) in [5.74, 6) is -20.5. The van der Waals surface area contributed by atoms with Crippen molar-refractivity contribution < 1.29 is 183 Å². The number of carboxylic acid groups (broad SMARTS) is 3. The van der Waals surface area contributed by atoms with Crippen LogP contribution in [-0.2, 0) is 80.9 Å². The lowest BCUT2D eigenvalue weighted by Crippen LogP contribution is -2.72. The maximum absolute atomic E-state index is 13.8. The zero-order valence-electron chi connectivity index (χ0n) is 73.9. The van der Waals surface area contributed by atoms with Gasteiger partial charge in [0.15, 0.2) is 12.6 Å². The molecule has 734 valence electrons. The lowest BCUT2D eigenvalue weighted by atomic mass is 9.86. The van der Waals surface area contributed by atoms with Crippen molar-refractivity contribution in [3.05, 3.63) is 0 Å². The molecule has 5 fully saturated rings. The summed E-state index contributed by atoms with van der Waals surface area (Å²) < 4.78 is 58.3. The monoisotopic (exact) mass is 1820 g/mol. The van der Waals surface area contributed by atoms with Crippen molar-refractivity contribution in [2.75, 3.05) is 39.6 Å². The molecule has 0 aromatic heterocycles. The average molecular weight is 1820 g/mol. The lowest BCUT2D eigenvalue weighted by molar-refractivity contribution is -0.388. The van der Waals surface area contributed by atoms with Crippen LogP contribution in [0.4, 0.5) is 0 Å². The van der Waals surface area contributed by atoms with Gasteiger partial charge in [-0.1, -0.05) is 213 Å². The number of unbranched alkanes of at least 4 members (excludes halogenated alkanes) is 30. The predicted octanol–water partition coefficient (Wildman–Crippen LogP) is -0.703. The Morgan fingerprint density at radius 3 is 1.10 bits per heavy atom. The quantitative estimate of drug-likeness (QED) is 0.0335. The molecule has 41 nitrogen and oxygen atoms in total. The molecule has 0 aromatic rings. The van der Waals surface area contributed by atoms with Crippen molar-refractivity contribution in [1.29, 1.82) is 0 Å². The molecular weight excluding hydrogens is 1670 g/mol. The highest BCUT2D eigenvalue weighted by Crippen LogP contribution is 2.43. The van der Waals surface area contributed by atoms with E-state index in [4.69, 9.17) is 47.4 Å². The standard InChI is InChI=1S/C85H152N4O37/c1-6-8-10-12-14-16-18-20-21-22-23-24-25-27-29-31-33-35-37-39-62(103)89-52(53(98)38-36-34-32-30-28-26-19-17-15-13-11-9-7-2)48-117-78-71(109)70(108)73(61(47-94)119-78)120-79-72(110)77(67(105)58(44-91)118-79)126-85(82(115)116)42-56(101)65(88-51(5)97)76(125-85)69(107)60(46-93)122-84(81(113)114)41-55(100)64(87-50(4)96)75(124-84)68(106)59(45-92)121-83(80(111)112)40-54(99)63(86-49(3)95)74(123-83)66(104)57(102)43-90/h52-61,63-79,90-94,98-102,104-110H,6-48H2,1-5H3,(H,86,95)(H,87,96)(H,88,97)(H,89,103)(H,111,112)(H,113,114)(H,115,116). The summed E-state index contributed by atoms with van der Waals surface area (Å²) in [5, 5.41) is 235. The molecular formula is C85H152N4O37. The number of rotatable bonds is 64. The molecule has 5 heterocycles. The number of carbonyl (C=O) groups excluding carboxylic acids is 4. The predicted molar refractivity (Wildman–Crippen MR) is 443 cm³/mol. The largest absolute Gasteiger partial charge is 0.477 e. The van der Waals surface area contributed by atoms with E-state index >= 15 is 0 Å². The number of hydrogen-bond donors (Lipinski definition) is 24. The fourth-order valence-corrected chi connectivity index (χ4v) is 17.1. The molecule has 5 saturated heterocycles. The Bertz CT molecular complexity index is 3120. The van der Waals surface area contributed by atoms with Gasteiger partial charge in [0.2, 0.25) is 23.6 Å². The Kier molecular flexibility index (Phi) is 51.1. The summed E-state index contributed by atoms with van der Waals surface area (Å²) in [4.78, 5) is 92.3. The van der Waals surface area contributed by atoms with Gasteiger partial charge in [0.1, 0.15) is 104 Å². The third kappa shape index (κ3) is 34.0. The summed E-state index contributed by atoms with van der Waals surface area (Å²) in [7, 11) is 0. The van der Waals surface area contributed by atoms with Crippen molar-refractivity contribution in [3.63, 3.8) is 0 Å². The van der Waals surface area contributed by atoms with Gasteiger partial charge in [-0.3, -0.25) is 19.2 Å². The number of aliphatic hydroxyl groups excluding tert-OH is 17. The molecule has 0 radical (unpaired) electrons. The first-order valence-corrected chi connectivity index (χ1v) is 45.7. The third-order valence-electron chi connectivity index (χ3n) is 24.3. The topological polar surface area (TPSA) is 665 Å². The number of aliphatic hydroxyl groups is 17. The number of hydrogen-bond acceptors (Lipinski definition) is 34. The molecule has 126 heavy (non-hydrogen) atoms. The Hall–Kier alpha value is -4.79. The van der Waals surface area contributed by atoms with E-state index in [1.54, 1.807) is 0 Å². The zero-order valence-corrected chi connectivity index (χ0v) is 73.9. The van der Waals surface area contributed by atoms with Crippen LogP contribution in [0.5, 0.6) is 0 Å². The molecule has 24 N–H and O–H groups in total. The molecule has 0 bridgehead atoms. The van der Waals surface area contributed by atoms with E-state index in [9.17, 15) is 136 Å². The first kappa shape index (κ1) is 112. The van der Waals surface area contributed by atoms with Crippen molar-refractivity contribution in [3.8, 4) is 0 Å². The first-order chi connectivity index (χ1) is 60.0. The Labute approximate surface area is 737 Å². The molecule has 30 atom stereocenters. The number of aliphatic carboxylic acids is 3. The van der Waals surface area contributed by atoms with E-state index < -0.39 is 277 Å². The van der Waals surface area contributed by atoms with Gasteiger partial charge in [-0.25, -0.2) is 14.4 Å². The summed E-state index contributed by atoms with van der Waals surface area (Å²) in [5.41, 5.74) is 0.